The van der Waals surface area contributed by atoms with Gasteiger partial charge in [-0.25, -0.2) is 0 Å². The van der Waals surface area contributed by atoms with Crippen molar-refractivity contribution in [2.45, 2.75) is 24.9 Å². The second-order valence-electron chi connectivity index (χ2n) is 5.81. The minimum atomic E-state index is -0.337. The van der Waals surface area contributed by atoms with Crippen molar-refractivity contribution in [1.29, 1.82) is 0 Å². The predicted molar refractivity (Wildman–Crippen MR) is 74.2 cm³/mol. The molecular weight excluding hydrogens is 254 g/mol. The lowest BCUT2D eigenvalue weighted by atomic mass is 9.95. The summed E-state index contributed by atoms with van der Waals surface area (Å²) in [6.45, 7) is 1.61. The van der Waals surface area contributed by atoms with E-state index in [9.17, 15) is 9.59 Å². The topological polar surface area (TPSA) is 52.7 Å². The van der Waals surface area contributed by atoms with Crippen molar-refractivity contribution in [2.24, 2.45) is 0 Å². The monoisotopic (exact) mass is 271 g/mol. The normalized spacial score (nSPS) is 28.2. The van der Waals surface area contributed by atoms with Gasteiger partial charge in [0.25, 0.3) is 0 Å². The van der Waals surface area contributed by atoms with Crippen molar-refractivity contribution in [1.82, 2.24) is 10.2 Å². The zero-order valence-electron chi connectivity index (χ0n) is 11.5. The maximum absolute atomic E-state index is 12.0. The van der Waals surface area contributed by atoms with Crippen LogP contribution in [0.2, 0.25) is 0 Å². The van der Waals surface area contributed by atoms with Crippen molar-refractivity contribution in [3.63, 3.8) is 0 Å². The summed E-state index contributed by atoms with van der Waals surface area (Å²) < 4.78 is 0. The van der Waals surface area contributed by atoms with Crippen LogP contribution in [0.15, 0.2) is 18.2 Å². The first kappa shape index (κ1) is 11.9. The predicted octanol–water partition coefficient (Wildman–Crippen LogP) is 0.584. The van der Waals surface area contributed by atoms with E-state index in [1.807, 2.05) is 18.0 Å². The summed E-state index contributed by atoms with van der Waals surface area (Å²) in [6.07, 6.45) is 1.88. The Kier molecular flexibility index (Phi) is 2.27. The summed E-state index contributed by atoms with van der Waals surface area (Å²) >= 11 is 0. The van der Waals surface area contributed by atoms with Crippen LogP contribution in [0.25, 0.3) is 0 Å². The molecule has 104 valence electrons. The highest BCUT2D eigenvalue weighted by molar-refractivity contribution is 6.01. The molecule has 2 fully saturated rings. The average molecular weight is 271 g/mol. The van der Waals surface area contributed by atoms with E-state index in [0.29, 0.717) is 12.8 Å². The lowest BCUT2D eigenvalue weighted by Gasteiger charge is -2.32. The van der Waals surface area contributed by atoms with E-state index in [1.165, 1.54) is 0 Å². The number of rotatable bonds is 1. The Morgan fingerprint density at radius 2 is 2.10 bits per heavy atom. The van der Waals surface area contributed by atoms with E-state index in [2.05, 4.69) is 17.4 Å². The Hall–Kier alpha value is -1.88. The molecule has 3 heterocycles. The maximum Gasteiger partial charge on any atom is 0.231 e. The van der Waals surface area contributed by atoms with Crippen LogP contribution in [0, 0.1) is 0 Å². The third-order valence-corrected chi connectivity index (χ3v) is 4.85. The quantitative estimate of drug-likeness (QED) is 0.813. The summed E-state index contributed by atoms with van der Waals surface area (Å²) in [7, 11) is 1.81. The van der Waals surface area contributed by atoms with Crippen LogP contribution < -0.4 is 10.2 Å². The molecule has 4 rings (SSSR count). The van der Waals surface area contributed by atoms with Gasteiger partial charge in [0.15, 0.2) is 0 Å². The van der Waals surface area contributed by atoms with Crippen molar-refractivity contribution >= 4 is 17.5 Å². The molecule has 1 aromatic carbocycles. The molecule has 1 unspecified atom stereocenters. The standard InChI is InChI=1S/C15H17N3O2/c1-17-12-3-2-11(8-10(12)9-14(17)20)15-5-4-13(19)18(15)7-6-16-15/h2-3,8,16H,4-7,9H2,1H3. The van der Waals surface area contributed by atoms with E-state index in [-0.39, 0.29) is 17.5 Å². The minimum absolute atomic E-state index is 0.133. The summed E-state index contributed by atoms with van der Waals surface area (Å²) in [5.74, 6) is 0.358. The zero-order chi connectivity index (χ0) is 13.9. The number of fused-ring (bicyclic) bond motifs is 2. The highest BCUT2D eigenvalue weighted by Gasteiger charge is 2.49. The number of carbonyl (C=O) groups is 2. The third-order valence-electron chi connectivity index (χ3n) is 4.85. The highest BCUT2D eigenvalue weighted by Crippen LogP contribution is 2.41. The number of nitrogens with zero attached hydrogens (tertiary/aromatic N) is 2. The van der Waals surface area contributed by atoms with Crippen LogP contribution >= 0.6 is 0 Å². The van der Waals surface area contributed by atoms with E-state index < -0.39 is 0 Å². The van der Waals surface area contributed by atoms with Crippen LogP contribution in [0.4, 0.5) is 5.69 Å². The van der Waals surface area contributed by atoms with Crippen molar-refractivity contribution in [3.8, 4) is 0 Å². The van der Waals surface area contributed by atoms with Gasteiger partial charge in [0, 0.05) is 32.2 Å². The summed E-state index contributed by atoms with van der Waals surface area (Å²) in [4.78, 5) is 27.4. The second-order valence-corrected chi connectivity index (χ2v) is 5.81. The molecule has 0 saturated carbocycles. The Balaban J connectivity index is 1.79. The van der Waals surface area contributed by atoms with Gasteiger partial charge < -0.3 is 9.80 Å². The first-order valence-corrected chi connectivity index (χ1v) is 7.07. The molecular formula is C15H17N3O2. The number of hydrogen-bond donors (Lipinski definition) is 1. The SMILES string of the molecule is CN1C(=O)Cc2cc(C34CCC(=O)N3CCN4)ccc21. The molecule has 3 aliphatic rings. The molecule has 0 aromatic heterocycles. The molecule has 1 N–H and O–H groups in total. The second kappa shape index (κ2) is 3.82. The lowest BCUT2D eigenvalue weighted by Crippen LogP contribution is -2.45. The van der Waals surface area contributed by atoms with E-state index in [1.54, 1.807) is 4.90 Å². The third kappa shape index (κ3) is 1.36. The van der Waals surface area contributed by atoms with Gasteiger partial charge in [-0.15, -0.1) is 0 Å². The molecule has 2 amide bonds. The van der Waals surface area contributed by atoms with Gasteiger partial charge >= 0.3 is 0 Å². The summed E-state index contributed by atoms with van der Waals surface area (Å²) in [5, 5.41) is 3.50. The molecule has 0 spiro atoms. The molecule has 0 aliphatic carbocycles. The Labute approximate surface area is 117 Å². The van der Waals surface area contributed by atoms with Crippen LogP contribution in [0.5, 0.6) is 0 Å². The number of anilines is 1. The fourth-order valence-electron chi connectivity index (χ4n) is 3.77. The van der Waals surface area contributed by atoms with Gasteiger partial charge in [0.1, 0.15) is 5.66 Å². The largest absolute Gasteiger partial charge is 0.319 e. The highest BCUT2D eigenvalue weighted by atomic mass is 16.2. The lowest BCUT2D eigenvalue weighted by molar-refractivity contribution is -0.130. The maximum atomic E-state index is 12.0. The Morgan fingerprint density at radius 3 is 2.95 bits per heavy atom. The van der Waals surface area contributed by atoms with Crippen LogP contribution in [-0.2, 0) is 21.7 Å². The van der Waals surface area contributed by atoms with Crippen LogP contribution in [0.3, 0.4) is 0 Å². The minimum Gasteiger partial charge on any atom is -0.319 e. The van der Waals surface area contributed by atoms with E-state index >= 15 is 0 Å². The fraction of sp³-hybridized carbons (Fsp3) is 0.467. The molecule has 2 saturated heterocycles. The number of likely N-dealkylation sites (N-methyl/N-ethyl adjacent to an activating group) is 1. The van der Waals surface area contributed by atoms with Gasteiger partial charge in [-0.05, 0) is 29.7 Å². The van der Waals surface area contributed by atoms with Gasteiger partial charge in [-0.3, -0.25) is 14.9 Å². The average Bonchev–Trinajstić information content (AvgIpc) is 3.07. The first-order valence-electron chi connectivity index (χ1n) is 7.07. The molecule has 1 atom stereocenters. The number of nitrogens with one attached hydrogen (secondary N) is 1. The smallest absolute Gasteiger partial charge is 0.231 e. The van der Waals surface area contributed by atoms with Crippen molar-refractivity contribution in [3.05, 3.63) is 29.3 Å². The number of benzene rings is 1. The van der Waals surface area contributed by atoms with Crippen molar-refractivity contribution < 1.29 is 9.59 Å². The molecule has 0 radical (unpaired) electrons. The molecule has 20 heavy (non-hydrogen) atoms. The first-order chi connectivity index (χ1) is 9.62. The molecule has 5 heteroatoms. The summed E-state index contributed by atoms with van der Waals surface area (Å²) in [6, 6.07) is 6.16. The zero-order valence-corrected chi connectivity index (χ0v) is 11.5. The fourth-order valence-corrected chi connectivity index (χ4v) is 3.77. The Morgan fingerprint density at radius 1 is 1.25 bits per heavy atom. The van der Waals surface area contributed by atoms with Crippen molar-refractivity contribution in [2.75, 3.05) is 25.0 Å². The van der Waals surface area contributed by atoms with Gasteiger partial charge in [-0.2, -0.15) is 0 Å². The van der Waals surface area contributed by atoms with Crippen LogP contribution in [-0.4, -0.2) is 36.9 Å². The number of carbonyl (C=O) groups excluding carboxylic acids is 2. The van der Waals surface area contributed by atoms with Gasteiger partial charge in [0.2, 0.25) is 11.8 Å². The number of hydrogen-bond acceptors (Lipinski definition) is 3. The molecule has 5 nitrogen and oxygen atoms in total. The summed E-state index contributed by atoms with van der Waals surface area (Å²) in [5.41, 5.74) is 2.83. The van der Waals surface area contributed by atoms with Gasteiger partial charge in [-0.1, -0.05) is 6.07 Å². The molecule has 1 aromatic rings. The van der Waals surface area contributed by atoms with E-state index in [0.717, 1.165) is 36.3 Å². The van der Waals surface area contributed by atoms with E-state index in [4.69, 9.17) is 0 Å². The molecule has 3 aliphatic heterocycles. The Bertz CT molecular complexity index is 628. The molecule has 0 bridgehead atoms. The van der Waals surface area contributed by atoms with Gasteiger partial charge in [0.05, 0.1) is 6.42 Å². The number of amides is 2. The van der Waals surface area contributed by atoms with Crippen LogP contribution in [0.1, 0.15) is 24.0 Å².